The molecule has 0 saturated carbocycles. The summed E-state index contributed by atoms with van der Waals surface area (Å²) in [5.41, 5.74) is 1.97. The van der Waals surface area contributed by atoms with Crippen LogP contribution in [-0.4, -0.2) is 38.7 Å². The lowest BCUT2D eigenvalue weighted by atomic mass is 10.1. The molecule has 0 unspecified atom stereocenters. The fraction of sp³-hybridized carbons (Fsp3) is 0.562. The van der Waals surface area contributed by atoms with Crippen molar-refractivity contribution >= 4 is 27.4 Å². The maximum absolute atomic E-state index is 12.5. The third-order valence-electron chi connectivity index (χ3n) is 3.93. The van der Waals surface area contributed by atoms with E-state index >= 15 is 0 Å². The van der Waals surface area contributed by atoms with Crippen LogP contribution in [0.5, 0.6) is 0 Å². The van der Waals surface area contributed by atoms with Crippen LogP contribution in [0.1, 0.15) is 37.7 Å². The molecule has 0 bridgehead atoms. The minimum atomic E-state index is -3.34. The lowest BCUT2D eigenvalue weighted by molar-refractivity contribution is 0.206. The normalized spacial score (nSPS) is 16.3. The lowest BCUT2D eigenvalue weighted by Crippen LogP contribution is -2.37. The van der Waals surface area contributed by atoms with Gasteiger partial charge in [0.25, 0.3) is 0 Å². The highest BCUT2D eigenvalue weighted by molar-refractivity contribution is 7.92. The largest absolute Gasteiger partial charge is 0.325 e. The number of anilines is 2. The van der Waals surface area contributed by atoms with Crippen molar-refractivity contribution in [2.45, 2.75) is 39.0 Å². The Morgan fingerprint density at radius 1 is 1.09 bits per heavy atom. The van der Waals surface area contributed by atoms with Crippen LogP contribution in [0.25, 0.3) is 0 Å². The highest BCUT2D eigenvalue weighted by Crippen LogP contribution is 2.22. The molecule has 0 atom stereocenters. The summed E-state index contributed by atoms with van der Waals surface area (Å²) in [5, 5.41) is 2.91. The summed E-state index contributed by atoms with van der Waals surface area (Å²) in [7, 11) is -3.34. The fourth-order valence-corrected chi connectivity index (χ4v) is 3.23. The topological polar surface area (TPSA) is 78.5 Å². The molecule has 1 saturated heterocycles. The molecule has 0 aromatic heterocycles. The zero-order chi connectivity index (χ0) is 16.9. The minimum Gasteiger partial charge on any atom is -0.325 e. The Kier molecular flexibility index (Phi) is 5.87. The van der Waals surface area contributed by atoms with Gasteiger partial charge in [0.15, 0.2) is 0 Å². The molecule has 1 aliphatic rings. The molecular formula is C16H25N3O3S. The average Bonchev–Trinajstić information content (AvgIpc) is 2.40. The van der Waals surface area contributed by atoms with Crippen molar-refractivity contribution in [2.24, 2.45) is 0 Å². The Morgan fingerprint density at radius 2 is 1.70 bits per heavy atom. The zero-order valence-corrected chi connectivity index (χ0v) is 14.6. The van der Waals surface area contributed by atoms with Crippen LogP contribution in [0.15, 0.2) is 18.2 Å². The standard InChI is InChI=1S/C16H25N3O3S/c1-13-8-9-14(18-23(2,21)22)12-15(13)17-16(20)19-10-6-4-3-5-7-11-19/h8-9,12,18H,3-7,10-11H2,1-2H3,(H,17,20). The van der Waals surface area contributed by atoms with Crippen LogP contribution >= 0.6 is 0 Å². The highest BCUT2D eigenvalue weighted by atomic mass is 32.2. The second-order valence-corrected chi connectivity index (χ2v) is 7.84. The summed E-state index contributed by atoms with van der Waals surface area (Å²) in [4.78, 5) is 14.3. The van der Waals surface area contributed by atoms with E-state index < -0.39 is 10.0 Å². The third-order valence-corrected chi connectivity index (χ3v) is 4.53. The lowest BCUT2D eigenvalue weighted by Gasteiger charge is -2.25. The maximum atomic E-state index is 12.5. The van der Waals surface area contributed by atoms with Gasteiger partial charge in [-0.1, -0.05) is 25.3 Å². The Labute approximate surface area is 138 Å². The van der Waals surface area contributed by atoms with Crippen molar-refractivity contribution < 1.29 is 13.2 Å². The van der Waals surface area contributed by atoms with Gasteiger partial charge in [-0.05, 0) is 37.5 Å². The van der Waals surface area contributed by atoms with Gasteiger partial charge in [-0.15, -0.1) is 0 Å². The summed E-state index contributed by atoms with van der Waals surface area (Å²) < 4.78 is 25.1. The van der Waals surface area contributed by atoms with E-state index in [-0.39, 0.29) is 6.03 Å². The molecule has 1 heterocycles. The smallest absolute Gasteiger partial charge is 0.321 e. The van der Waals surface area contributed by atoms with Crippen molar-refractivity contribution in [3.05, 3.63) is 23.8 Å². The van der Waals surface area contributed by atoms with Crippen molar-refractivity contribution in [2.75, 3.05) is 29.4 Å². The predicted molar refractivity (Wildman–Crippen MR) is 93.3 cm³/mol. The first-order valence-electron chi connectivity index (χ1n) is 7.99. The van der Waals surface area contributed by atoms with Gasteiger partial charge in [0.05, 0.1) is 11.9 Å². The van der Waals surface area contributed by atoms with Gasteiger partial charge >= 0.3 is 6.03 Å². The SMILES string of the molecule is Cc1ccc(NS(C)(=O)=O)cc1NC(=O)N1CCCCCCC1. The van der Waals surface area contributed by atoms with Crippen LogP contribution in [0.2, 0.25) is 0 Å². The number of likely N-dealkylation sites (tertiary alicyclic amines) is 1. The molecular weight excluding hydrogens is 314 g/mol. The number of hydrogen-bond acceptors (Lipinski definition) is 3. The van der Waals surface area contributed by atoms with Crippen LogP contribution in [0.4, 0.5) is 16.2 Å². The summed E-state index contributed by atoms with van der Waals surface area (Å²) >= 11 is 0. The van der Waals surface area contributed by atoms with E-state index in [2.05, 4.69) is 10.0 Å². The molecule has 1 aromatic rings. The number of benzene rings is 1. The van der Waals surface area contributed by atoms with Crippen molar-refractivity contribution in [3.63, 3.8) is 0 Å². The summed E-state index contributed by atoms with van der Waals surface area (Å²) in [5.74, 6) is 0. The first kappa shape index (κ1) is 17.6. The van der Waals surface area contributed by atoms with Crippen molar-refractivity contribution in [1.29, 1.82) is 0 Å². The highest BCUT2D eigenvalue weighted by Gasteiger charge is 2.16. The summed E-state index contributed by atoms with van der Waals surface area (Å²) in [6.07, 6.45) is 6.73. The molecule has 128 valence electrons. The quantitative estimate of drug-likeness (QED) is 0.888. The number of aryl methyl sites for hydroxylation is 1. The maximum Gasteiger partial charge on any atom is 0.321 e. The number of nitrogens with zero attached hydrogens (tertiary/aromatic N) is 1. The van der Waals surface area contributed by atoms with Gasteiger partial charge in [0.2, 0.25) is 10.0 Å². The Balaban J connectivity index is 2.08. The molecule has 7 heteroatoms. The van der Waals surface area contributed by atoms with Crippen molar-refractivity contribution in [3.8, 4) is 0 Å². The zero-order valence-electron chi connectivity index (χ0n) is 13.8. The third kappa shape index (κ3) is 5.74. The number of carbonyl (C=O) groups is 1. The first-order chi connectivity index (χ1) is 10.8. The predicted octanol–water partition coefficient (Wildman–Crippen LogP) is 3.16. The fourth-order valence-electron chi connectivity index (χ4n) is 2.68. The Morgan fingerprint density at radius 3 is 2.30 bits per heavy atom. The van der Waals surface area contributed by atoms with Gasteiger partial charge in [0.1, 0.15) is 0 Å². The number of carbonyl (C=O) groups excluding carboxylic acids is 1. The second kappa shape index (κ2) is 7.68. The molecule has 2 rings (SSSR count). The summed E-state index contributed by atoms with van der Waals surface area (Å²) in [6.45, 7) is 3.42. The van der Waals surface area contributed by atoms with Crippen LogP contribution in [-0.2, 0) is 10.0 Å². The molecule has 0 radical (unpaired) electrons. The van der Waals surface area contributed by atoms with Gasteiger partial charge in [0, 0.05) is 18.8 Å². The van der Waals surface area contributed by atoms with E-state index in [4.69, 9.17) is 0 Å². The van der Waals surface area contributed by atoms with Crippen LogP contribution in [0.3, 0.4) is 0 Å². The van der Waals surface area contributed by atoms with E-state index in [1.807, 2.05) is 11.8 Å². The van der Waals surface area contributed by atoms with Crippen LogP contribution < -0.4 is 10.0 Å². The molecule has 2 amide bonds. The number of rotatable bonds is 3. The van der Waals surface area contributed by atoms with Gasteiger partial charge in [-0.3, -0.25) is 4.72 Å². The van der Waals surface area contributed by atoms with E-state index in [0.29, 0.717) is 11.4 Å². The van der Waals surface area contributed by atoms with Gasteiger partial charge in [-0.2, -0.15) is 0 Å². The molecule has 0 aliphatic carbocycles. The second-order valence-electron chi connectivity index (χ2n) is 6.09. The molecule has 2 N–H and O–H groups in total. The molecule has 6 nitrogen and oxygen atoms in total. The van der Waals surface area contributed by atoms with Gasteiger partial charge < -0.3 is 10.2 Å². The average molecular weight is 339 g/mol. The molecule has 0 spiro atoms. The number of nitrogens with one attached hydrogen (secondary N) is 2. The number of urea groups is 1. The van der Waals surface area contributed by atoms with E-state index in [1.165, 1.54) is 6.42 Å². The minimum absolute atomic E-state index is 0.119. The van der Waals surface area contributed by atoms with E-state index in [9.17, 15) is 13.2 Å². The molecule has 1 fully saturated rings. The van der Waals surface area contributed by atoms with Gasteiger partial charge in [-0.25, -0.2) is 13.2 Å². The first-order valence-corrected chi connectivity index (χ1v) is 9.89. The van der Waals surface area contributed by atoms with Crippen LogP contribution in [0, 0.1) is 6.92 Å². The number of sulfonamides is 1. The summed E-state index contributed by atoms with van der Waals surface area (Å²) in [6, 6.07) is 5.00. The number of hydrogen-bond donors (Lipinski definition) is 2. The Bertz CT molecular complexity index is 651. The molecule has 1 aliphatic heterocycles. The monoisotopic (exact) mass is 339 g/mol. The number of amides is 2. The molecule has 1 aromatic carbocycles. The van der Waals surface area contributed by atoms with Crippen molar-refractivity contribution in [1.82, 2.24) is 4.90 Å². The van der Waals surface area contributed by atoms with E-state index in [0.717, 1.165) is 50.6 Å². The van der Waals surface area contributed by atoms with E-state index in [1.54, 1.807) is 18.2 Å². The molecule has 23 heavy (non-hydrogen) atoms. The Hall–Kier alpha value is -1.76.